The lowest BCUT2D eigenvalue weighted by Crippen LogP contribution is -2.53. The van der Waals surface area contributed by atoms with E-state index >= 15 is 0 Å². The van der Waals surface area contributed by atoms with Crippen molar-refractivity contribution in [3.05, 3.63) is 57.1 Å². The third-order valence-electron chi connectivity index (χ3n) is 7.88. The van der Waals surface area contributed by atoms with Crippen LogP contribution in [0.1, 0.15) is 74.4 Å². The molecule has 5 rings (SSSR count). The van der Waals surface area contributed by atoms with Gasteiger partial charge in [0, 0.05) is 47.6 Å². The highest BCUT2D eigenvalue weighted by molar-refractivity contribution is 6.31. The highest BCUT2D eigenvalue weighted by Crippen LogP contribution is 2.52. The van der Waals surface area contributed by atoms with Crippen LogP contribution in [0.3, 0.4) is 0 Å². The van der Waals surface area contributed by atoms with E-state index in [1.807, 2.05) is 0 Å². The Morgan fingerprint density at radius 3 is 2.46 bits per heavy atom. The molecule has 3 aliphatic rings. The summed E-state index contributed by atoms with van der Waals surface area (Å²) >= 11 is 0. The maximum absolute atomic E-state index is 13.6. The van der Waals surface area contributed by atoms with Gasteiger partial charge < -0.3 is 45.8 Å². The first-order valence-electron chi connectivity index (χ1n) is 12.5. The molecule has 0 spiro atoms. The molecule has 0 amide bonds. The number of ketones is 3. The third-order valence-corrected chi connectivity index (χ3v) is 7.88. The molecule has 1 heterocycles. The van der Waals surface area contributed by atoms with Crippen LogP contribution in [0.25, 0.3) is 0 Å². The number of hydrogen-bond acceptors (Lipinski definition) is 12. The van der Waals surface area contributed by atoms with Gasteiger partial charge in [0.05, 0.1) is 36.0 Å². The van der Waals surface area contributed by atoms with Crippen molar-refractivity contribution in [2.24, 2.45) is 5.73 Å². The standard InChI is InChI=1S/C27H29NO11/c1-10-22(32)14(28)5-17(38-10)39-15-7-27(37,16(31)9-30)6-13-19(15)26(36)21-20(24(13)34)23(33)12-4-2-3-11(8-29)18(12)25(21)35/h2-4,10,14-15,17,22,29-30,32,34,36-37H,5-9,28H2,1H3/t10?,14-,15+,17+,22-,27+/m1/s1. The van der Waals surface area contributed by atoms with Gasteiger partial charge >= 0.3 is 0 Å². The molecule has 1 saturated heterocycles. The minimum Gasteiger partial charge on any atom is -0.507 e. The predicted molar refractivity (Wildman–Crippen MR) is 131 cm³/mol. The molecule has 1 aliphatic heterocycles. The Morgan fingerprint density at radius 2 is 1.82 bits per heavy atom. The summed E-state index contributed by atoms with van der Waals surface area (Å²) in [7, 11) is 0. The number of hydrogen-bond donors (Lipinski definition) is 7. The van der Waals surface area contributed by atoms with E-state index in [0.717, 1.165) is 0 Å². The molecule has 2 aliphatic carbocycles. The summed E-state index contributed by atoms with van der Waals surface area (Å²) in [4.78, 5) is 39.7. The fourth-order valence-electron chi connectivity index (χ4n) is 5.81. The molecule has 2 aromatic rings. The molecule has 0 saturated carbocycles. The van der Waals surface area contributed by atoms with Gasteiger partial charge in [0.1, 0.15) is 23.7 Å². The second-order valence-electron chi connectivity index (χ2n) is 10.3. The molecule has 6 atom stereocenters. The first-order valence-corrected chi connectivity index (χ1v) is 12.5. The van der Waals surface area contributed by atoms with Gasteiger partial charge in [-0.2, -0.15) is 0 Å². The summed E-state index contributed by atoms with van der Waals surface area (Å²) in [6.45, 7) is -0.0137. The Morgan fingerprint density at radius 1 is 1.13 bits per heavy atom. The second-order valence-corrected chi connectivity index (χ2v) is 10.3. The number of rotatable bonds is 5. The summed E-state index contributed by atoms with van der Waals surface area (Å²) in [6, 6.07) is 3.53. The Kier molecular flexibility index (Phi) is 6.84. The minimum absolute atomic E-state index is 0.00600. The van der Waals surface area contributed by atoms with Gasteiger partial charge in [-0.3, -0.25) is 14.4 Å². The number of aliphatic hydroxyl groups is 4. The van der Waals surface area contributed by atoms with E-state index in [2.05, 4.69) is 0 Å². The van der Waals surface area contributed by atoms with Crippen molar-refractivity contribution < 1.29 is 54.5 Å². The molecular weight excluding hydrogens is 514 g/mol. The second kappa shape index (κ2) is 9.75. The van der Waals surface area contributed by atoms with Crippen LogP contribution in [0, 0.1) is 0 Å². The molecule has 8 N–H and O–H groups in total. The van der Waals surface area contributed by atoms with Crippen LogP contribution in [0.4, 0.5) is 0 Å². The summed E-state index contributed by atoms with van der Waals surface area (Å²) in [5, 5.41) is 63.4. The lowest BCUT2D eigenvalue weighted by Gasteiger charge is -2.42. The number of ether oxygens (including phenoxy) is 2. The number of phenolic OH excluding ortho intramolecular Hbond substituents is 2. The zero-order valence-electron chi connectivity index (χ0n) is 21.0. The third kappa shape index (κ3) is 4.16. The Labute approximate surface area is 222 Å². The van der Waals surface area contributed by atoms with Crippen molar-refractivity contribution in [2.45, 2.75) is 69.0 Å². The lowest BCUT2D eigenvalue weighted by atomic mass is 9.71. The zero-order chi connectivity index (χ0) is 28.4. The van der Waals surface area contributed by atoms with Crippen LogP contribution in [-0.4, -0.2) is 84.7 Å². The van der Waals surface area contributed by atoms with Gasteiger partial charge in [-0.05, 0) is 12.5 Å². The Bertz CT molecular complexity index is 1380. The van der Waals surface area contributed by atoms with Crippen LogP contribution >= 0.6 is 0 Å². The number of fused-ring (bicyclic) bond motifs is 3. The van der Waals surface area contributed by atoms with Crippen LogP contribution in [0.15, 0.2) is 18.2 Å². The Balaban J connectivity index is 1.69. The first-order chi connectivity index (χ1) is 18.4. The maximum atomic E-state index is 13.6. The van der Waals surface area contributed by atoms with Crippen molar-refractivity contribution in [3.8, 4) is 11.5 Å². The van der Waals surface area contributed by atoms with Gasteiger partial charge in [-0.1, -0.05) is 18.2 Å². The number of carbonyl (C=O) groups excluding carboxylic acids is 3. The average Bonchev–Trinajstić information content (AvgIpc) is 2.90. The van der Waals surface area contributed by atoms with Crippen molar-refractivity contribution >= 4 is 17.3 Å². The average molecular weight is 544 g/mol. The Hall–Kier alpha value is -3.23. The normalized spacial score (nSPS) is 29.9. The lowest BCUT2D eigenvalue weighted by molar-refractivity contribution is -0.247. The summed E-state index contributed by atoms with van der Waals surface area (Å²) in [5.41, 5.74) is 2.35. The molecule has 1 unspecified atom stereocenters. The van der Waals surface area contributed by atoms with Crippen LogP contribution in [0.5, 0.6) is 11.5 Å². The number of benzene rings is 2. The van der Waals surface area contributed by atoms with Crippen molar-refractivity contribution in [2.75, 3.05) is 6.61 Å². The van der Waals surface area contributed by atoms with Crippen LogP contribution < -0.4 is 5.73 Å². The van der Waals surface area contributed by atoms with Gasteiger partial charge in [0.25, 0.3) is 0 Å². The van der Waals surface area contributed by atoms with Gasteiger partial charge in [-0.25, -0.2) is 0 Å². The van der Waals surface area contributed by atoms with E-state index in [9.17, 15) is 45.0 Å². The number of nitrogens with two attached hydrogens (primary N) is 1. The van der Waals surface area contributed by atoms with E-state index in [1.54, 1.807) is 6.92 Å². The first kappa shape index (κ1) is 27.3. The molecule has 2 aromatic carbocycles. The molecule has 0 radical (unpaired) electrons. The summed E-state index contributed by atoms with van der Waals surface area (Å²) < 4.78 is 11.7. The fraction of sp³-hybridized carbons (Fsp3) is 0.444. The number of phenols is 2. The molecule has 12 heteroatoms. The highest BCUT2D eigenvalue weighted by atomic mass is 16.7. The van der Waals surface area contributed by atoms with E-state index in [0.29, 0.717) is 0 Å². The number of aromatic hydroxyl groups is 2. The molecule has 39 heavy (non-hydrogen) atoms. The summed E-state index contributed by atoms with van der Waals surface area (Å²) in [5.74, 6) is -4.00. The fourth-order valence-corrected chi connectivity index (χ4v) is 5.81. The van der Waals surface area contributed by atoms with E-state index in [1.165, 1.54) is 18.2 Å². The molecule has 0 aromatic heterocycles. The topological polar surface area (TPSA) is 217 Å². The smallest absolute Gasteiger partial charge is 0.198 e. The SMILES string of the molecule is CC1O[C@@H](O[C@H]2C[C@](O)(C(=O)CO)Cc3c(O)c4c(c(O)c32)C(=O)c2c(CO)cccc2C4=O)C[C@@H](N)[C@@H]1O. The number of carbonyl (C=O) groups is 3. The molecular formula is C27H29NO11. The predicted octanol–water partition coefficient (Wildman–Crippen LogP) is -0.515. The van der Waals surface area contributed by atoms with E-state index in [-0.39, 0.29) is 34.2 Å². The van der Waals surface area contributed by atoms with E-state index < -0.39 is 102 Å². The maximum Gasteiger partial charge on any atom is 0.198 e. The van der Waals surface area contributed by atoms with Crippen molar-refractivity contribution in [1.29, 1.82) is 0 Å². The zero-order valence-corrected chi connectivity index (χ0v) is 21.0. The highest BCUT2D eigenvalue weighted by Gasteiger charge is 2.50. The molecule has 0 bridgehead atoms. The number of aliphatic hydroxyl groups excluding tert-OH is 3. The summed E-state index contributed by atoms with van der Waals surface area (Å²) in [6.07, 6.45) is -5.21. The quantitative estimate of drug-likeness (QED) is 0.202. The van der Waals surface area contributed by atoms with Crippen LogP contribution in [-0.2, 0) is 27.3 Å². The van der Waals surface area contributed by atoms with Gasteiger partial charge in [0.15, 0.2) is 23.6 Å². The molecule has 1 fully saturated rings. The van der Waals surface area contributed by atoms with Gasteiger partial charge in [0.2, 0.25) is 0 Å². The van der Waals surface area contributed by atoms with Crippen LogP contribution in [0.2, 0.25) is 0 Å². The molecule has 208 valence electrons. The van der Waals surface area contributed by atoms with Gasteiger partial charge in [-0.15, -0.1) is 0 Å². The minimum atomic E-state index is -2.25. The van der Waals surface area contributed by atoms with Crippen molar-refractivity contribution in [3.63, 3.8) is 0 Å². The van der Waals surface area contributed by atoms with E-state index in [4.69, 9.17) is 15.2 Å². The number of Topliss-reactive ketones (excluding diaryl/α,β-unsaturated/α-hetero) is 1. The monoisotopic (exact) mass is 543 g/mol. The molecule has 12 nitrogen and oxygen atoms in total. The largest absolute Gasteiger partial charge is 0.507 e. The van der Waals surface area contributed by atoms with Crippen molar-refractivity contribution in [1.82, 2.24) is 0 Å².